The minimum Gasteiger partial charge on any atom is -0.423 e. The molecule has 1 amide bonds. The van der Waals surface area contributed by atoms with Gasteiger partial charge in [-0.25, -0.2) is 4.79 Å². The minimum absolute atomic E-state index is 0.0380. The highest BCUT2D eigenvalue weighted by atomic mass is 35.5. The lowest BCUT2D eigenvalue weighted by Crippen LogP contribution is -2.17. The summed E-state index contributed by atoms with van der Waals surface area (Å²) in [5, 5.41) is 2.87. The number of hydrogen-bond acceptors (Lipinski definition) is 6. The number of amides is 1. The molecule has 0 aliphatic heterocycles. The third-order valence-electron chi connectivity index (χ3n) is 3.54. The third-order valence-corrected chi connectivity index (χ3v) is 4.92. The molecule has 0 saturated carbocycles. The highest BCUT2D eigenvalue weighted by Crippen LogP contribution is 2.28. The van der Waals surface area contributed by atoms with Gasteiger partial charge in [0.2, 0.25) is 5.91 Å². The Morgan fingerprint density at radius 1 is 1.07 bits per heavy atom. The van der Waals surface area contributed by atoms with E-state index in [1.807, 2.05) is 0 Å². The Hall–Kier alpha value is -2.58. The lowest BCUT2D eigenvalue weighted by Gasteiger charge is -2.10. The Labute approximate surface area is 168 Å². The van der Waals surface area contributed by atoms with Crippen LogP contribution in [0, 0.1) is 5.92 Å². The van der Waals surface area contributed by atoms with Crippen LogP contribution in [0.4, 0.5) is 5.69 Å². The first-order valence-electron chi connectivity index (χ1n) is 8.45. The summed E-state index contributed by atoms with van der Waals surface area (Å²) in [6.45, 7) is 4.99. The number of benzene rings is 2. The van der Waals surface area contributed by atoms with Crippen molar-refractivity contribution in [3.8, 4) is 11.5 Å². The van der Waals surface area contributed by atoms with Crippen LogP contribution in [0.1, 0.15) is 31.1 Å². The summed E-state index contributed by atoms with van der Waals surface area (Å²) in [5.41, 5.74) is 0.796. The van der Waals surface area contributed by atoms with Gasteiger partial charge in [-0.3, -0.25) is 4.79 Å². The second-order valence-corrected chi connectivity index (χ2v) is 8.46. The van der Waals surface area contributed by atoms with E-state index in [0.717, 1.165) is 0 Å². The molecule has 0 fully saturated rings. The predicted octanol–water partition coefficient (Wildman–Crippen LogP) is 3.88. The number of hydrogen-bond donors (Lipinski definition) is 1. The molecule has 0 spiro atoms. The van der Waals surface area contributed by atoms with Crippen molar-refractivity contribution < 1.29 is 26.9 Å². The number of anilines is 1. The zero-order chi connectivity index (χ0) is 20.9. The Kier molecular flexibility index (Phi) is 7.04. The fraction of sp³-hybridized carbons (Fsp3) is 0.263. The van der Waals surface area contributed by atoms with Crippen molar-refractivity contribution in [3.05, 3.63) is 53.1 Å². The summed E-state index contributed by atoms with van der Waals surface area (Å²) >= 11 is 5.94. The van der Waals surface area contributed by atoms with E-state index in [0.29, 0.717) is 5.69 Å². The largest absolute Gasteiger partial charge is 0.423 e. The van der Waals surface area contributed by atoms with Gasteiger partial charge >= 0.3 is 16.1 Å². The topological polar surface area (TPSA) is 98.8 Å². The first-order chi connectivity index (χ1) is 13.1. The van der Waals surface area contributed by atoms with Gasteiger partial charge in [0.25, 0.3) is 0 Å². The van der Waals surface area contributed by atoms with Crippen LogP contribution in [0.25, 0.3) is 0 Å². The number of esters is 1. The first-order valence-corrected chi connectivity index (χ1v) is 10.4. The van der Waals surface area contributed by atoms with Gasteiger partial charge in [-0.15, -0.1) is 0 Å². The zero-order valence-electron chi connectivity index (χ0n) is 15.6. The SMILES string of the molecule is CCS(=O)(=O)Oc1cc(Cl)cc(OC(=O)c2ccc(NC(=O)C(C)C)cc2)c1. The van der Waals surface area contributed by atoms with Gasteiger partial charge in [0.1, 0.15) is 11.5 Å². The molecule has 0 aliphatic rings. The quantitative estimate of drug-likeness (QED) is 0.410. The van der Waals surface area contributed by atoms with Gasteiger partial charge < -0.3 is 14.2 Å². The number of rotatable bonds is 7. The van der Waals surface area contributed by atoms with E-state index in [-0.39, 0.29) is 39.7 Å². The average Bonchev–Trinajstić information content (AvgIpc) is 2.61. The molecule has 0 atom stereocenters. The molecule has 0 bridgehead atoms. The van der Waals surface area contributed by atoms with Gasteiger partial charge in [-0.2, -0.15) is 8.42 Å². The van der Waals surface area contributed by atoms with Crippen molar-refractivity contribution in [1.29, 1.82) is 0 Å². The van der Waals surface area contributed by atoms with Crippen LogP contribution in [0.5, 0.6) is 11.5 Å². The zero-order valence-corrected chi connectivity index (χ0v) is 17.1. The maximum atomic E-state index is 12.3. The fourth-order valence-electron chi connectivity index (χ4n) is 1.99. The molecular formula is C19H20ClNO6S. The Balaban J connectivity index is 2.12. The summed E-state index contributed by atoms with van der Waals surface area (Å²) < 4.78 is 33.3. The number of nitrogens with one attached hydrogen (secondary N) is 1. The predicted molar refractivity (Wildman–Crippen MR) is 106 cm³/mol. The van der Waals surface area contributed by atoms with Crippen molar-refractivity contribution in [3.63, 3.8) is 0 Å². The molecule has 150 valence electrons. The van der Waals surface area contributed by atoms with Crippen LogP contribution >= 0.6 is 11.6 Å². The Bertz CT molecular complexity index is 970. The first kappa shape index (κ1) is 21.7. The normalized spacial score (nSPS) is 11.2. The maximum absolute atomic E-state index is 12.3. The number of carbonyl (C=O) groups excluding carboxylic acids is 2. The van der Waals surface area contributed by atoms with E-state index in [9.17, 15) is 18.0 Å². The van der Waals surface area contributed by atoms with Crippen molar-refractivity contribution in [2.45, 2.75) is 20.8 Å². The second-order valence-electron chi connectivity index (χ2n) is 6.16. The number of ether oxygens (including phenoxy) is 1. The van der Waals surface area contributed by atoms with Crippen LogP contribution in [0.3, 0.4) is 0 Å². The summed E-state index contributed by atoms with van der Waals surface area (Å²) in [6.07, 6.45) is 0. The van der Waals surface area contributed by atoms with Gasteiger partial charge in [0.15, 0.2) is 0 Å². The molecule has 2 aromatic carbocycles. The molecule has 9 heteroatoms. The van der Waals surface area contributed by atoms with E-state index in [2.05, 4.69) is 5.32 Å². The fourth-order valence-corrected chi connectivity index (χ4v) is 2.71. The molecule has 28 heavy (non-hydrogen) atoms. The lowest BCUT2D eigenvalue weighted by atomic mass is 10.1. The standard InChI is InChI=1S/C19H20ClNO6S/c1-4-28(24,25)27-17-10-14(20)9-16(11-17)26-19(23)13-5-7-15(8-6-13)21-18(22)12(2)3/h5-12H,4H2,1-3H3,(H,21,22). The van der Waals surface area contributed by atoms with Crippen LogP contribution in [-0.4, -0.2) is 26.0 Å². The molecule has 0 aromatic heterocycles. The Morgan fingerprint density at radius 3 is 2.25 bits per heavy atom. The molecule has 0 heterocycles. The summed E-state index contributed by atoms with van der Waals surface area (Å²) in [5.74, 6) is -1.20. The third kappa shape index (κ3) is 6.24. The summed E-state index contributed by atoms with van der Waals surface area (Å²) in [7, 11) is -3.74. The maximum Gasteiger partial charge on any atom is 0.343 e. The van der Waals surface area contributed by atoms with Crippen LogP contribution in [-0.2, 0) is 14.9 Å². The van der Waals surface area contributed by atoms with Gasteiger partial charge in [0, 0.05) is 28.8 Å². The number of halogens is 1. The molecule has 0 aliphatic carbocycles. The average molecular weight is 426 g/mol. The molecule has 2 rings (SSSR count). The highest BCUT2D eigenvalue weighted by Gasteiger charge is 2.14. The minimum atomic E-state index is -3.74. The van der Waals surface area contributed by atoms with E-state index < -0.39 is 16.1 Å². The highest BCUT2D eigenvalue weighted by molar-refractivity contribution is 7.87. The molecule has 1 N–H and O–H groups in total. The molecule has 2 aromatic rings. The van der Waals surface area contributed by atoms with E-state index in [4.69, 9.17) is 20.5 Å². The Morgan fingerprint density at radius 2 is 1.68 bits per heavy atom. The molecular weight excluding hydrogens is 406 g/mol. The van der Waals surface area contributed by atoms with Crippen molar-refractivity contribution in [2.24, 2.45) is 5.92 Å². The lowest BCUT2D eigenvalue weighted by molar-refractivity contribution is -0.118. The molecule has 0 radical (unpaired) electrons. The van der Waals surface area contributed by atoms with Gasteiger partial charge in [0.05, 0.1) is 11.3 Å². The van der Waals surface area contributed by atoms with Crippen molar-refractivity contribution >= 4 is 39.3 Å². The van der Waals surface area contributed by atoms with E-state index in [1.165, 1.54) is 37.3 Å². The van der Waals surface area contributed by atoms with E-state index >= 15 is 0 Å². The monoisotopic (exact) mass is 425 g/mol. The van der Waals surface area contributed by atoms with Crippen LogP contribution in [0.15, 0.2) is 42.5 Å². The van der Waals surface area contributed by atoms with Gasteiger partial charge in [-0.1, -0.05) is 25.4 Å². The number of carbonyl (C=O) groups is 2. The second kappa shape index (κ2) is 9.07. The summed E-state index contributed by atoms with van der Waals surface area (Å²) in [4.78, 5) is 24.0. The van der Waals surface area contributed by atoms with Crippen molar-refractivity contribution in [2.75, 3.05) is 11.1 Å². The summed E-state index contributed by atoms with van der Waals surface area (Å²) in [6, 6.07) is 10.1. The van der Waals surface area contributed by atoms with Gasteiger partial charge in [-0.05, 0) is 37.3 Å². The molecule has 7 nitrogen and oxygen atoms in total. The molecule has 0 saturated heterocycles. The molecule has 0 unspecified atom stereocenters. The van der Waals surface area contributed by atoms with Crippen molar-refractivity contribution in [1.82, 2.24) is 0 Å². The van der Waals surface area contributed by atoms with Crippen LogP contribution in [0.2, 0.25) is 5.02 Å². The van der Waals surface area contributed by atoms with Crippen LogP contribution < -0.4 is 14.2 Å². The smallest absolute Gasteiger partial charge is 0.343 e. The van der Waals surface area contributed by atoms with E-state index in [1.54, 1.807) is 26.0 Å².